The lowest BCUT2D eigenvalue weighted by Gasteiger charge is -2.53. The third-order valence-electron chi connectivity index (χ3n) is 9.00. The first-order valence-corrected chi connectivity index (χ1v) is 15.5. The fourth-order valence-electron chi connectivity index (χ4n) is 6.43. The van der Waals surface area contributed by atoms with Gasteiger partial charge in [0, 0.05) is 30.8 Å². The zero-order valence-electron chi connectivity index (χ0n) is 26.0. The molecule has 3 atom stereocenters. The Morgan fingerprint density at radius 3 is 2.59 bits per heavy atom. The molecule has 6 heterocycles. The van der Waals surface area contributed by atoms with Gasteiger partial charge in [0.15, 0.2) is 11.6 Å². The maximum absolute atomic E-state index is 13.9. The van der Waals surface area contributed by atoms with Crippen molar-refractivity contribution in [3.05, 3.63) is 66.8 Å². The Bertz CT molecular complexity index is 1810. The van der Waals surface area contributed by atoms with Gasteiger partial charge in [-0.25, -0.2) is 28.5 Å². The molecule has 1 N–H and O–H groups in total. The number of hydrogen-bond acceptors (Lipinski definition) is 11. The maximum atomic E-state index is 13.9. The number of anilines is 2. The highest BCUT2D eigenvalue weighted by molar-refractivity contribution is 5.79. The van der Waals surface area contributed by atoms with Crippen LogP contribution in [0, 0.1) is 0 Å². The molecule has 1 spiro atoms. The molecule has 0 aliphatic carbocycles. The van der Waals surface area contributed by atoms with E-state index in [1.807, 2.05) is 13.0 Å². The van der Waals surface area contributed by atoms with Crippen LogP contribution in [0.4, 0.5) is 29.1 Å². The van der Waals surface area contributed by atoms with Crippen molar-refractivity contribution in [1.29, 1.82) is 0 Å². The number of pyridine rings is 1. The minimum Gasteiger partial charge on any atom is -0.480 e. The van der Waals surface area contributed by atoms with Gasteiger partial charge in [0.05, 0.1) is 38.7 Å². The summed E-state index contributed by atoms with van der Waals surface area (Å²) in [6.45, 7) is 0.666. The summed E-state index contributed by atoms with van der Waals surface area (Å²) in [6.07, 6.45) is -0.858. The number of alkyl halides is 4. The van der Waals surface area contributed by atoms with Crippen molar-refractivity contribution < 1.29 is 50.8 Å². The van der Waals surface area contributed by atoms with E-state index >= 15 is 0 Å². The molecule has 16 heteroatoms. The number of ether oxygens (including phenoxy) is 4. The summed E-state index contributed by atoms with van der Waals surface area (Å²) in [7, 11) is 0. The standard InChI is InChI=1S/C33H31F4N5O7/c1-18-33(16-45-17-33)47-9-7-41(18)24-11-20(19-4-2-5-21(10-19)49-32(36)37)14-38-30(24)48-22-12-25(31(43)44)42(15-22)27-13-23(26-6-3-8-46-26)39-29(40-27)28(34)35/h2-6,8,10-11,13-14,18,22,25,28,32H,7,9,12,15-17H2,1H3,(H,43,44)/t18-,22-,25-/m0/s1. The Labute approximate surface area is 277 Å². The second-order valence-corrected chi connectivity index (χ2v) is 12.0. The largest absolute Gasteiger partial charge is 0.480 e. The Balaban J connectivity index is 1.22. The molecular formula is C33H31F4N5O7. The Morgan fingerprint density at radius 2 is 1.90 bits per heavy atom. The van der Waals surface area contributed by atoms with Crippen LogP contribution in [0.5, 0.6) is 11.6 Å². The first kappa shape index (κ1) is 32.6. The molecule has 0 radical (unpaired) electrons. The first-order chi connectivity index (χ1) is 23.6. The molecule has 0 amide bonds. The zero-order valence-corrected chi connectivity index (χ0v) is 26.0. The van der Waals surface area contributed by atoms with Crippen molar-refractivity contribution in [3.63, 3.8) is 0 Å². The molecule has 0 saturated carbocycles. The van der Waals surface area contributed by atoms with Crippen molar-refractivity contribution in [2.45, 2.75) is 50.2 Å². The second kappa shape index (κ2) is 13.2. The number of halogens is 4. The summed E-state index contributed by atoms with van der Waals surface area (Å²) in [5, 5.41) is 10.2. The molecule has 3 aromatic heterocycles. The molecule has 3 aliphatic heterocycles. The summed E-state index contributed by atoms with van der Waals surface area (Å²) in [5.41, 5.74) is 1.28. The number of rotatable bonds is 10. The molecular weight excluding hydrogens is 654 g/mol. The third kappa shape index (κ3) is 6.45. The van der Waals surface area contributed by atoms with Gasteiger partial charge in [-0.3, -0.25) is 0 Å². The molecule has 49 heavy (non-hydrogen) atoms. The van der Waals surface area contributed by atoms with Crippen molar-refractivity contribution in [1.82, 2.24) is 15.0 Å². The van der Waals surface area contributed by atoms with Gasteiger partial charge in [-0.05, 0) is 42.8 Å². The van der Waals surface area contributed by atoms with Crippen LogP contribution >= 0.6 is 0 Å². The van der Waals surface area contributed by atoms with Gasteiger partial charge in [-0.1, -0.05) is 12.1 Å². The number of aliphatic carboxylic acids is 1. The molecule has 12 nitrogen and oxygen atoms in total. The van der Waals surface area contributed by atoms with Crippen molar-refractivity contribution in [3.8, 4) is 34.2 Å². The highest BCUT2D eigenvalue weighted by atomic mass is 19.3. The number of carboxylic acids is 1. The van der Waals surface area contributed by atoms with E-state index < -0.39 is 42.6 Å². The van der Waals surface area contributed by atoms with Gasteiger partial charge in [0.25, 0.3) is 6.43 Å². The molecule has 0 unspecified atom stereocenters. The number of nitrogens with zero attached hydrogens (tertiary/aromatic N) is 5. The highest BCUT2D eigenvalue weighted by Gasteiger charge is 2.50. The number of furan rings is 1. The van der Waals surface area contributed by atoms with Crippen LogP contribution in [0.3, 0.4) is 0 Å². The molecule has 0 bridgehead atoms. The predicted molar refractivity (Wildman–Crippen MR) is 165 cm³/mol. The molecule has 3 aliphatic rings. The van der Waals surface area contributed by atoms with Gasteiger partial charge in [0.2, 0.25) is 5.88 Å². The number of carbonyl (C=O) groups is 1. The van der Waals surface area contributed by atoms with Crippen LogP contribution in [0.15, 0.2) is 65.4 Å². The van der Waals surface area contributed by atoms with E-state index in [-0.39, 0.29) is 47.9 Å². The van der Waals surface area contributed by atoms with E-state index in [0.29, 0.717) is 43.2 Å². The SMILES string of the molecule is C[C@@H]1N(c2cc(-c3cccc(OC(F)F)c3)cnc2O[C@H]2C[C@@H](C(=O)O)N(c3cc(-c4ccco4)nc(C(F)F)n3)C2)CCOC12COC2. The maximum Gasteiger partial charge on any atom is 0.387 e. The lowest BCUT2D eigenvalue weighted by molar-refractivity contribution is -0.228. The fourth-order valence-corrected chi connectivity index (χ4v) is 6.43. The first-order valence-electron chi connectivity index (χ1n) is 15.5. The average molecular weight is 686 g/mol. The lowest BCUT2D eigenvalue weighted by Crippen LogP contribution is -2.68. The Hall–Kier alpha value is -4.96. The van der Waals surface area contributed by atoms with Crippen LogP contribution < -0.4 is 19.3 Å². The summed E-state index contributed by atoms with van der Waals surface area (Å²) in [5.74, 6) is -1.56. The third-order valence-corrected chi connectivity index (χ3v) is 9.00. The van der Waals surface area contributed by atoms with Crippen molar-refractivity contribution in [2.24, 2.45) is 0 Å². The minimum atomic E-state index is -3.01. The number of aromatic nitrogens is 3. The van der Waals surface area contributed by atoms with E-state index in [1.54, 1.807) is 24.3 Å². The normalized spacial score (nSPS) is 21.7. The number of benzene rings is 1. The molecule has 4 aromatic rings. The van der Waals surface area contributed by atoms with Crippen LogP contribution in [0.2, 0.25) is 0 Å². The van der Waals surface area contributed by atoms with Crippen LogP contribution in [-0.2, 0) is 14.3 Å². The van der Waals surface area contributed by atoms with E-state index in [9.17, 15) is 27.5 Å². The van der Waals surface area contributed by atoms with E-state index in [1.165, 1.54) is 35.6 Å². The second-order valence-electron chi connectivity index (χ2n) is 12.0. The highest BCUT2D eigenvalue weighted by Crippen LogP contribution is 2.41. The monoisotopic (exact) mass is 685 g/mol. The summed E-state index contributed by atoms with van der Waals surface area (Å²) < 4.78 is 81.6. The smallest absolute Gasteiger partial charge is 0.387 e. The van der Waals surface area contributed by atoms with E-state index in [2.05, 4.69) is 24.6 Å². The molecule has 3 fully saturated rings. The quantitative estimate of drug-likeness (QED) is 0.213. The summed E-state index contributed by atoms with van der Waals surface area (Å²) in [6, 6.07) is 11.3. The Kier molecular flexibility index (Phi) is 8.75. The van der Waals surface area contributed by atoms with Crippen LogP contribution in [-0.4, -0.2) is 89.3 Å². The zero-order chi connectivity index (χ0) is 34.3. The summed E-state index contributed by atoms with van der Waals surface area (Å²) in [4.78, 5) is 28.5. The van der Waals surface area contributed by atoms with Gasteiger partial charge < -0.3 is 38.3 Å². The number of carboxylic acid groups (broad SMARTS) is 1. The van der Waals surface area contributed by atoms with Crippen LogP contribution in [0.1, 0.15) is 25.6 Å². The minimum absolute atomic E-state index is 0.00818. The van der Waals surface area contributed by atoms with Crippen LogP contribution in [0.25, 0.3) is 22.6 Å². The topological polar surface area (TPSA) is 133 Å². The van der Waals surface area contributed by atoms with Gasteiger partial charge in [-0.15, -0.1) is 0 Å². The fraction of sp³-hybridized carbons (Fsp3) is 0.394. The van der Waals surface area contributed by atoms with Crippen molar-refractivity contribution >= 4 is 17.5 Å². The van der Waals surface area contributed by atoms with Gasteiger partial charge >= 0.3 is 12.6 Å². The molecule has 7 rings (SSSR count). The summed E-state index contributed by atoms with van der Waals surface area (Å²) >= 11 is 0. The number of hydrogen-bond donors (Lipinski definition) is 1. The van der Waals surface area contributed by atoms with Gasteiger partial charge in [0.1, 0.15) is 40.7 Å². The molecule has 258 valence electrons. The Morgan fingerprint density at radius 1 is 1.06 bits per heavy atom. The number of morpholine rings is 1. The average Bonchev–Trinajstić information content (AvgIpc) is 3.75. The lowest BCUT2D eigenvalue weighted by atomic mass is 9.90. The van der Waals surface area contributed by atoms with Crippen molar-refractivity contribution in [2.75, 3.05) is 42.7 Å². The van der Waals surface area contributed by atoms with Gasteiger partial charge in [-0.2, -0.15) is 8.78 Å². The molecule has 3 saturated heterocycles. The van der Waals surface area contributed by atoms with E-state index in [0.717, 1.165) is 0 Å². The molecule has 1 aromatic carbocycles. The van der Waals surface area contributed by atoms with E-state index in [4.69, 9.17) is 18.6 Å². The predicted octanol–water partition coefficient (Wildman–Crippen LogP) is 5.44.